The molecule has 1 unspecified atom stereocenters. The smallest absolute Gasteiger partial charge is 0.443 e. The van der Waals surface area contributed by atoms with Gasteiger partial charge in [-0.1, -0.05) is 3.89 Å². The van der Waals surface area contributed by atoms with E-state index in [2.05, 4.69) is 9.47 Å². The van der Waals surface area contributed by atoms with Crippen LogP contribution in [0.3, 0.4) is 0 Å². The van der Waals surface area contributed by atoms with Crippen LogP contribution in [0, 0.1) is 0 Å². The van der Waals surface area contributed by atoms with E-state index in [1.54, 1.807) is 0 Å². The standard InChI is InChI=1S/C6H2F8O4S/c7-2(8)3-17-1-4(9,18-3)5(10,11)6(12,13)19(14,15)16/h1H2. The summed E-state index contributed by atoms with van der Waals surface area (Å²) in [6.45, 7) is -2.18. The number of halogens is 8. The summed E-state index contributed by atoms with van der Waals surface area (Å²) in [6.07, 6.45) is -2.96. The second-order valence-electron chi connectivity index (χ2n) is 3.20. The first-order valence-electron chi connectivity index (χ1n) is 4.02. The Bertz CT molecular complexity index is 509. The van der Waals surface area contributed by atoms with Crippen molar-refractivity contribution in [2.24, 2.45) is 0 Å². The minimum Gasteiger partial charge on any atom is -0.454 e. The summed E-state index contributed by atoms with van der Waals surface area (Å²) in [5, 5.41) is -6.54. The maximum atomic E-state index is 13.4. The van der Waals surface area contributed by atoms with Gasteiger partial charge in [0.05, 0.1) is 0 Å². The van der Waals surface area contributed by atoms with Crippen LogP contribution in [-0.4, -0.2) is 32.1 Å². The maximum Gasteiger partial charge on any atom is 0.443 e. The molecule has 1 aliphatic rings. The highest BCUT2D eigenvalue weighted by molar-refractivity contribution is 7.87. The van der Waals surface area contributed by atoms with Gasteiger partial charge in [-0.2, -0.15) is 39.2 Å². The van der Waals surface area contributed by atoms with E-state index in [9.17, 15) is 43.0 Å². The van der Waals surface area contributed by atoms with Crippen LogP contribution < -0.4 is 0 Å². The summed E-state index contributed by atoms with van der Waals surface area (Å²) in [5.41, 5.74) is 0. The normalized spacial score (nSPS) is 24.9. The van der Waals surface area contributed by atoms with Crippen LogP contribution in [0.4, 0.5) is 34.6 Å². The first-order valence-corrected chi connectivity index (χ1v) is 5.40. The molecular formula is C6H2F8O4S. The van der Waals surface area contributed by atoms with Crippen molar-refractivity contribution in [2.75, 3.05) is 6.61 Å². The van der Waals surface area contributed by atoms with Crippen molar-refractivity contribution in [3.8, 4) is 0 Å². The predicted molar refractivity (Wildman–Crippen MR) is 40.0 cm³/mol. The molecule has 19 heavy (non-hydrogen) atoms. The summed E-state index contributed by atoms with van der Waals surface area (Å²) >= 11 is 0. The Morgan fingerprint density at radius 3 is 2.00 bits per heavy atom. The fraction of sp³-hybridized carbons (Fsp3) is 0.667. The van der Waals surface area contributed by atoms with E-state index in [1.807, 2.05) is 0 Å². The van der Waals surface area contributed by atoms with Gasteiger partial charge in [0.2, 0.25) is 0 Å². The molecule has 4 nitrogen and oxygen atoms in total. The maximum absolute atomic E-state index is 13.4. The monoisotopic (exact) mass is 322 g/mol. The molecule has 1 rings (SSSR count). The average molecular weight is 322 g/mol. The highest BCUT2D eigenvalue weighted by Crippen LogP contribution is 2.51. The molecule has 0 amide bonds. The Kier molecular flexibility index (Phi) is 3.42. The molecule has 1 fully saturated rings. The van der Waals surface area contributed by atoms with Crippen molar-refractivity contribution in [1.29, 1.82) is 0 Å². The van der Waals surface area contributed by atoms with Crippen molar-refractivity contribution >= 4 is 10.2 Å². The van der Waals surface area contributed by atoms with Gasteiger partial charge in [0, 0.05) is 0 Å². The van der Waals surface area contributed by atoms with Crippen molar-refractivity contribution < 1.29 is 52.5 Å². The highest BCUT2D eigenvalue weighted by Gasteiger charge is 2.80. The number of ether oxygens (including phenoxy) is 2. The Morgan fingerprint density at radius 1 is 1.21 bits per heavy atom. The van der Waals surface area contributed by atoms with Crippen LogP contribution in [0.2, 0.25) is 0 Å². The molecule has 0 aromatic carbocycles. The largest absolute Gasteiger partial charge is 0.454 e. The fourth-order valence-corrected chi connectivity index (χ4v) is 1.44. The molecular weight excluding hydrogens is 320 g/mol. The summed E-state index contributed by atoms with van der Waals surface area (Å²) in [5.74, 6) is -13.4. The lowest BCUT2D eigenvalue weighted by Crippen LogP contribution is -2.59. The van der Waals surface area contributed by atoms with E-state index in [0.29, 0.717) is 0 Å². The van der Waals surface area contributed by atoms with E-state index in [4.69, 9.17) is 0 Å². The lowest BCUT2D eigenvalue weighted by molar-refractivity contribution is -0.300. The summed E-state index contributed by atoms with van der Waals surface area (Å²) in [4.78, 5) is 0. The van der Waals surface area contributed by atoms with Crippen molar-refractivity contribution in [3.05, 3.63) is 12.0 Å². The number of hydrogen-bond acceptors (Lipinski definition) is 4. The van der Waals surface area contributed by atoms with E-state index >= 15 is 0 Å². The molecule has 13 heteroatoms. The van der Waals surface area contributed by atoms with Gasteiger partial charge < -0.3 is 9.47 Å². The van der Waals surface area contributed by atoms with Crippen molar-refractivity contribution in [3.63, 3.8) is 0 Å². The fourth-order valence-electron chi connectivity index (χ4n) is 0.983. The average Bonchev–Trinajstić information content (AvgIpc) is 2.60. The van der Waals surface area contributed by atoms with Crippen LogP contribution in [0.5, 0.6) is 0 Å². The number of alkyl halides is 5. The van der Waals surface area contributed by atoms with E-state index < -0.39 is 45.9 Å². The zero-order valence-electron chi connectivity index (χ0n) is 8.27. The van der Waals surface area contributed by atoms with E-state index in [1.165, 1.54) is 0 Å². The predicted octanol–water partition coefficient (Wildman–Crippen LogP) is 2.29. The molecule has 0 aliphatic carbocycles. The molecule has 0 radical (unpaired) electrons. The topological polar surface area (TPSA) is 52.6 Å². The highest BCUT2D eigenvalue weighted by atomic mass is 32.3. The molecule has 1 aliphatic heterocycles. The summed E-state index contributed by atoms with van der Waals surface area (Å²) in [7, 11) is -7.24. The second-order valence-corrected chi connectivity index (χ2v) is 4.58. The SMILES string of the molecule is O=S(=O)(F)C(F)(F)C(F)(F)C1(F)COC(=C(F)F)O1. The molecule has 1 heterocycles. The third kappa shape index (κ3) is 2.19. The first kappa shape index (κ1) is 15.8. The lowest BCUT2D eigenvalue weighted by atomic mass is 10.1. The van der Waals surface area contributed by atoms with Gasteiger partial charge in [0.25, 0.3) is 0 Å². The van der Waals surface area contributed by atoms with Crippen LogP contribution in [0.1, 0.15) is 0 Å². The minimum absolute atomic E-state index is 2.13. The molecule has 0 saturated carbocycles. The van der Waals surface area contributed by atoms with Crippen LogP contribution in [0.25, 0.3) is 0 Å². The Labute approximate surface area is 99.3 Å². The molecule has 0 aromatic heterocycles. The van der Waals surface area contributed by atoms with Gasteiger partial charge in [-0.05, 0) is 0 Å². The van der Waals surface area contributed by atoms with Gasteiger partial charge in [0.1, 0.15) is 0 Å². The third-order valence-corrected chi connectivity index (χ3v) is 2.81. The number of hydrogen-bond donors (Lipinski definition) is 0. The van der Waals surface area contributed by atoms with Gasteiger partial charge in [-0.15, -0.1) is 0 Å². The molecule has 112 valence electrons. The zero-order chi connectivity index (χ0) is 15.3. The molecule has 0 spiro atoms. The van der Waals surface area contributed by atoms with Gasteiger partial charge in [-0.3, -0.25) is 0 Å². The van der Waals surface area contributed by atoms with Crippen LogP contribution in [0.15, 0.2) is 12.0 Å². The van der Waals surface area contributed by atoms with Crippen LogP contribution >= 0.6 is 0 Å². The quantitative estimate of drug-likeness (QED) is 0.591. The van der Waals surface area contributed by atoms with E-state index in [0.717, 1.165) is 0 Å². The zero-order valence-corrected chi connectivity index (χ0v) is 9.09. The van der Waals surface area contributed by atoms with Gasteiger partial charge >= 0.3 is 39.3 Å². The summed E-state index contributed by atoms with van der Waals surface area (Å²) < 4.78 is 127. The first-order chi connectivity index (χ1) is 8.26. The third-order valence-electron chi connectivity index (χ3n) is 1.94. The Balaban J connectivity index is 3.26. The number of rotatable bonds is 3. The molecule has 0 N–H and O–H groups in total. The summed E-state index contributed by atoms with van der Waals surface area (Å²) in [6, 6.07) is 0. The lowest BCUT2D eigenvalue weighted by Gasteiger charge is -2.30. The molecule has 1 saturated heterocycles. The van der Waals surface area contributed by atoms with E-state index in [-0.39, 0.29) is 0 Å². The molecule has 1 atom stereocenters. The second kappa shape index (κ2) is 4.11. The van der Waals surface area contributed by atoms with Crippen molar-refractivity contribution in [1.82, 2.24) is 0 Å². The Hall–Kier alpha value is -1.27. The van der Waals surface area contributed by atoms with Crippen LogP contribution in [-0.2, 0) is 19.7 Å². The molecule has 0 bridgehead atoms. The van der Waals surface area contributed by atoms with Gasteiger partial charge in [-0.25, -0.2) is 0 Å². The minimum atomic E-state index is -7.24. The van der Waals surface area contributed by atoms with Gasteiger partial charge in [0.15, 0.2) is 6.61 Å². The molecule has 0 aromatic rings. The van der Waals surface area contributed by atoms with Crippen molar-refractivity contribution in [2.45, 2.75) is 17.0 Å². The Morgan fingerprint density at radius 2 is 1.68 bits per heavy atom.